The molecule has 140 valence electrons. The third-order valence-electron chi connectivity index (χ3n) is 4.17. The van der Waals surface area contributed by atoms with E-state index in [4.69, 9.17) is 0 Å². The maximum absolute atomic E-state index is 14.3. The molecule has 4 rings (SSSR count). The molecule has 4 aromatic rings. The van der Waals surface area contributed by atoms with Crippen LogP contribution in [0.3, 0.4) is 0 Å². The van der Waals surface area contributed by atoms with Gasteiger partial charge in [-0.05, 0) is 36.4 Å². The molecule has 0 aliphatic rings. The fourth-order valence-electron chi connectivity index (χ4n) is 2.80. The molecule has 0 bridgehead atoms. The van der Waals surface area contributed by atoms with Crippen molar-refractivity contribution in [1.82, 2.24) is 14.8 Å². The molecule has 0 saturated carbocycles. The number of benzene rings is 3. The molecule has 0 N–H and O–H groups in total. The lowest BCUT2D eigenvalue weighted by Gasteiger charge is -2.11. The van der Waals surface area contributed by atoms with E-state index < -0.39 is 17.5 Å². The van der Waals surface area contributed by atoms with Crippen LogP contribution in [0.2, 0.25) is 0 Å². The Morgan fingerprint density at radius 3 is 2.07 bits per heavy atom. The normalized spacial score (nSPS) is 11.0. The average Bonchev–Trinajstić information content (AvgIpc) is 3.12. The molecule has 0 radical (unpaired) electrons. The average molecular weight is 397 g/mol. The van der Waals surface area contributed by atoms with Gasteiger partial charge < -0.3 is 0 Å². The Hall–Kier alpha value is -3.06. The number of thioether (sulfide) groups is 1. The fourth-order valence-corrected chi connectivity index (χ4v) is 3.77. The van der Waals surface area contributed by atoms with Crippen molar-refractivity contribution in [3.63, 3.8) is 0 Å². The van der Waals surface area contributed by atoms with E-state index in [0.29, 0.717) is 16.5 Å². The summed E-state index contributed by atoms with van der Waals surface area (Å²) in [4.78, 5) is 0. The summed E-state index contributed by atoms with van der Waals surface area (Å²) in [7, 11) is 0. The zero-order valence-electron chi connectivity index (χ0n) is 14.5. The Morgan fingerprint density at radius 1 is 0.714 bits per heavy atom. The van der Waals surface area contributed by atoms with Crippen LogP contribution >= 0.6 is 11.8 Å². The number of hydrogen-bond donors (Lipinski definition) is 0. The molecule has 0 atom stereocenters. The topological polar surface area (TPSA) is 30.7 Å². The van der Waals surface area contributed by atoms with Crippen molar-refractivity contribution in [3.05, 3.63) is 95.8 Å². The van der Waals surface area contributed by atoms with Gasteiger partial charge in [-0.25, -0.2) is 13.2 Å². The number of rotatable bonds is 5. The first-order chi connectivity index (χ1) is 13.6. The van der Waals surface area contributed by atoms with E-state index in [9.17, 15) is 13.2 Å². The number of halogens is 3. The van der Waals surface area contributed by atoms with Crippen molar-refractivity contribution >= 4 is 11.8 Å². The molecule has 7 heteroatoms. The van der Waals surface area contributed by atoms with Crippen LogP contribution in [0.4, 0.5) is 13.2 Å². The SMILES string of the molecule is Fc1ccccc1-c1nnc(SCc2c(F)cccc2F)n1-c1ccccc1. The van der Waals surface area contributed by atoms with Gasteiger partial charge in [0.2, 0.25) is 0 Å². The van der Waals surface area contributed by atoms with Crippen LogP contribution in [-0.2, 0) is 5.75 Å². The van der Waals surface area contributed by atoms with Crippen LogP contribution in [0.15, 0.2) is 78.0 Å². The van der Waals surface area contributed by atoms with Gasteiger partial charge in [0.1, 0.15) is 17.5 Å². The minimum Gasteiger partial charge on any atom is -0.270 e. The van der Waals surface area contributed by atoms with Crippen molar-refractivity contribution in [2.45, 2.75) is 10.9 Å². The van der Waals surface area contributed by atoms with Crippen LogP contribution < -0.4 is 0 Å². The van der Waals surface area contributed by atoms with Gasteiger partial charge in [0.05, 0.1) is 5.56 Å². The molecule has 0 aliphatic carbocycles. The molecular formula is C21H14F3N3S. The van der Waals surface area contributed by atoms with E-state index in [1.165, 1.54) is 24.3 Å². The second kappa shape index (κ2) is 7.90. The summed E-state index contributed by atoms with van der Waals surface area (Å²) in [5.74, 6) is -1.31. The molecule has 3 nitrogen and oxygen atoms in total. The van der Waals surface area contributed by atoms with E-state index in [1.807, 2.05) is 30.3 Å². The number of aromatic nitrogens is 3. The summed E-state index contributed by atoms with van der Waals surface area (Å²) in [6.45, 7) is 0. The smallest absolute Gasteiger partial charge is 0.196 e. The largest absolute Gasteiger partial charge is 0.270 e. The molecule has 1 heterocycles. The Labute approximate surface area is 163 Å². The van der Waals surface area contributed by atoms with Gasteiger partial charge in [0, 0.05) is 17.0 Å². The van der Waals surface area contributed by atoms with Crippen LogP contribution in [0.25, 0.3) is 17.1 Å². The minimum absolute atomic E-state index is 0.0285. The number of hydrogen-bond acceptors (Lipinski definition) is 3. The van der Waals surface area contributed by atoms with Crippen molar-refractivity contribution < 1.29 is 13.2 Å². The van der Waals surface area contributed by atoms with Crippen molar-refractivity contribution in [3.8, 4) is 17.1 Å². The molecule has 0 aliphatic heterocycles. The molecule has 0 fully saturated rings. The van der Waals surface area contributed by atoms with E-state index >= 15 is 0 Å². The van der Waals surface area contributed by atoms with Crippen LogP contribution in [0, 0.1) is 17.5 Å². The van der Waals surface area contributed by atoms with Gasteiger partial charge in [0.15, 0.2) is 11.0 Å². The second-order valence-electron chi connectivity index (χ2n) is 5.95. The Kier molecular flexibility index (Phi) is 5.16. The van der Waals surface area contributed by atoms with Gasteiger partial charge in [0.25, 0.3) is 0 Å². The van der Waals surface area contributed by atoms with Crippen molar-refractivity contribution in [1.29, 1.82) is 0 Å². The highest BCUT2D eigenvalue weighted by molar-refractivity contribution is 7.98. The lowest BCUT2D eigenvalue weighted by Crippen LogP contribution is -2.01. The Bertz CT molecular complexity index is 1090. The highest BCUT2D eigenvalue weighted by atomic mass is 32.2. The lowest BCUT2D eigenvalue weighted by molar-refractivity contribution is 0.566. The molecule has 1 aromatic heterocycles. The third-order valence-corrected chi connectivity index (χ3v) is 5.13. The maximum Gasteiger partial charge on any atom is 0.196 e. The Balaban J connectivity index is 1.77. The van der Waals surface area contributed by atoms with Gasteiger partial charge in [-0.15, -0.1) is 10.2 Å². The van der Waals surface area contributed by atoms with E-state index in [1.54, 1.807) is 22.8 Å². The fraction of sp³-hybridized carbons (Fsp3) is 0.0476. The minimum atomic E-state index is -0.618. The summed E-state index contributed by atoms with van der Waals surface area (Å²) in [6, 6.07) is 19.2. The molecular weight excluding hydrogens is 383 g/mol. The highest BCUT2D eigenvalue weighted by Gasteiger charge is 2.19. The molecule has 0 unspecified atom stereocenters. The van der Waals surface area contributed by atoms with E-state index in [0.717, 1.165) is 17.4 Å². The maximum atomic E-state index is 14.3. The zero-order valence-corrected chi connectivity index (χ0v) is 15.3. The predicted octanol–water partition coefficient (Wildman–Crippen LogP) is 5.64. The van der Waals surface area contributed by atoms with E-state index in [-0.39, 0.29) is 11.3 Å². The summed E-state index contributed by atoms with van der Waals surface area (Å²) in [6.07, 6.45) is 0. The third kappa shape index (κ3) is 3.53. The first-order valence-corrected chi connectivity index (χ1v) is 9.45. The summed E-state index contributed by atoms with van der Waals surface area (Å²) in [5, 5.41) is 8.70. The molecule has 28 heavy (non-hydrogen) atoms. The Morgan fingerprint density at radius 2 is 1.36 bits per heavy atom. The standard InChI is InChI=1S/C21H14F3N3S/c22-17-10-5-4-9-15(17)20-25-26-21(27(20)14-7-2-1-3-8-14)28-13-16-18(23)11-6-12-19(16)24/h1-12H,13H2. The van der Waals surface area contributed by atoms with Gasteiger partial charge in [-0.1, -0.05) is 48.2 Å². The van der Waals surface area contributed by atoms with Crippen LogP contribution in [0.1, 0.15) is 5.56 Å². The molecule has 3 aromatic carbocycles. The summed E-state index contributed by atoms with van der Waals surface area (Å²) < 4.78 is 43.9. The second-order valence-corrected chi connectivity index (χ2v) is 6.89. The highest BCUT2D eigenvalue weighted by Crippen LogP contribution is 2.31. The van der Waals surface area contributed by atoms with Gasteiger partial charge in [-0.2, -0.15) is 0 Å². The van der Waals surface area contributed by atoms with Crippen molar-refractivity contribution in [2.75, 3.05) is 0 Å². The van der Waals surface area contributed by atoms with Crippen LogP contribution in [-0.4, -0.2) is 14.8 Å². The number of para-hydroxylation sites is 1. The number of nitrogens with zero attached hydrogens (tertiary/aromatic N) is 3. The molecule has 0 saturated heterocycles. The van der Waals surface area contributed by atoms with Gasteiger partial charge in [-0.3, -0.25) is 4.57 Å². The molecule has 0 amide bonds. The van der Waals surface area contributed by atoms with Crippen LogP contribution in [0.5, 0.6) is 0 Å². The first kappa shape index (κ1) is 18.3. The lowest BCUT2D eigenvalue weighted by atomic mass is 10.2. The first-order valence-electron chi connectivity index (χ1n) is 8.46. The molecule has 0 spiro atoms. The zero-order chi connectivity index (χ0) is 19.5. The predicted molar refractivity (Wildman–Crippen MR) is 103 cm³/mol. The van der Waals surface area contributed by atoms with Crippen molar-refractivity contribution in [2.24, 2.45) is 0 Å². The summed E-state index contributed by atoms with van der Waals surface area (Å²) >= 11 is 1.13. The van der Waals surface area contributed by atoms with E-state index in [2.05, 4.69) is 10.2 Å². The monoisotopic (exact) mass is 397 g/mol. The summed E-state index contributed by atoms with van der Waals surface area (Å²) in [5.41, 5.74) is 0.979. The quantitative estimate of drug-likeness (QED) is 0.408. The van der Waals surface area contributed by atoms with Gasteiger partial charge >= 0.3 is 0 Å².